The van der Waals surface area contributed by atoms with Crippen LogP contribution in [0.5, 0.6) is 0 Å². The first kappa shape index (κ1) is 14.1. The molecule has 86 valence electrons. The molecule has 0 saturated heterocycles. The number of carbonyl (C=O) groups is 2. The van der Waals surface area contributed by atoms with Gasteiger partial charge in [0, 0.05) is 24.9 Å². The molecule has 0 aliphatic heterocycles. The van der Waals surface area contributed by atoms with Crippen LogP contribution in [0, 0.1) is 35.8 Å². The van der Waals surface area contributed by atoms with E-state index in [0.29, 0.717) is 0 Å². The zero-order valence-electron chi connectivity index (χ0n) is 9.97. The molecule has 0 heterocycles. The van der Waals surface area contributed by atoms with Crippen molar-refractivity contribution in [2.45, 2.75) is 27.7 Å². The second-order valence-electron chi connectivity index (χ2n) is 3.59. The summed E-state index contributed by atoms with van der Waals surface area (Å²) in [6.07, 6.45) is 0. The second kappa shape index (κ2) is 7.36. The summed E-state index contributed by atoms with van der Waals surface area (Å²) in [7, 11) is 0. The van der Waals surface area contributed by atoms with Crippen LogP contribution in [-0.4, -0.2) is 11.8 Å². The predicted octanol–water partition coefficient (Wildman–Crippen LogP) is 0.453. The third kappa shape index (κ3) is 7.46. The summed E-state index contributed by atoms with van der Waals surface area (Å²) in [6, 6.07) is 4.97. The topological polar surface area (TPSA) is 58.2 Å². The summed E-state index contributed by atoms with van der Waals surface area (Å²) in [6.45, 7) is 6.85. The van der Waals surface area contributed by atoms with Gasteiger partial charge in [-0.05, 0) is 6.92 Å². The third-order valence-corrected chi connectivity index (χ3v) is 1.47. The highest BCUT2D eigenvalue weighted by Gasteiger charge is 2.07. The molecule has 2 N–H and O–H groups in total. The van der Waals surface area contributed by atoms with E-state index in [4.69, 9.17) is 0 Å². The largest absolute Gasteiger partial charge is 0.285 e. The molecule has 0 radical (unpaired) electrons. The average Bonchev–Trinajstić information content (AvgIpc) is 2.16. The van der Waals surface area contributed by atoms with Crippen LogP contribution in [0.25, 0.3) is 0 Å². The molecule has 0 aliphatic rings. The highest BCUT2D eigenvalue weighted by Crippen LogP contribution is 1.90. The molecule has 1 unspecified atom stereocenters. The standard InChI is InChI=1S/C12H16N2O2/c1-9(2)5-7-14-12(16)10(3)6-8-13-11(4)15/h9-10H,1-4H3,(H,13,15)(H,14,16). The first-order valence-electron chi connectivity index (χ1n) is 5.01. The monoisotopic (exact) mass is 220 g/mol. The van der Waals surface area contributed by atoms with Gasteiger partial charge in [0.1, 0.15) is 0 Å². The summed E-state index contributed by atoms with van der Waals surface area (Å²) in [5.74, 6) is 4.58. The Labute approximate surface area is 96.2 Å². The molecule has 0 saturated carbocycles. The Bertz CT molecular complexity index is 377. The molecular formula is C12H16N2O2. The Kier molecular flexibility index (Phi) is 6.47. The Morgan fingerprint density at radius 1 is 1.00 bits per heavy atom. The maximum Gasteiger partial charge on any atom is 0.246 e. The van der Waals surface area contributed by atoms with E-state index in [-0.39, 0.29) is 17.7 Å². The van der Waals surface area contributed by atoms with Gasteiger partial charge in [0.2, 0.25) is 11.8 Å². The van der Waals surface area contributed by atoms with E-state index in [2.05, 4.69) is 34.6 Å². The van der Waals surface area contributed by atoms with Crippen LogP contribution in [0.4, 0.5) is 0 Å². The number of rotatable bonds is 1. The molecule has 0 rings (SSSR count). The number of nitrogens with one attached hydrogen (secondary N) is 2. The van der Waals surface area contributed by atoms with Gasteiger partial charge in [-0.1, -0.05) is 25.7 Å². The minimum absolute atomic E-state index is 0.209. The van der Waals surface area contributed by atoms with Gasteiger partial charge in [-0.25, -0.2) is 0 Å². The summed E-state index contributed by atoms with van der Waals surface area (Å²) in [4.78, 5) is 21.9. The summed E-state index contributed by atoms with van der Waals surface area (Å²) in [5.41, 5.74) is 0. The second-order valence-corrected chi connectivity index (χ2v) is 3.59. The van der Waals surface area contributed by atoms with Gasteiger partial charge in [0.15, 0.2) is 0 Å². The lowest BCUT2D eigenvalue weighted by atomic mass is 10.2. The van der Waals surface area contributed by atoms with Crippen molar-refractivity contribution >= 4 is 11.8 Å². The Morgan fingerprint density at radius 3 is 2.06 bits per heavy atom. The van der Waals surface area contributed by atoms with Gasteiger partial charge in [-0.3, -0.25) is 20.2 Å². The summed E-state index contributed by atoms with van der Waals surface area (Å²) >= 11 is 0. The Morgan fingerprint density at radius 2 is 1.56 bits per heavy atom. The highest BCUT2D eigenvalue weighted by atomic mass is 16.2. The molecule has 4 heteroatoms. The molecule has 0 aromatic carbocycles. The molecule has 0 aromatic rings. The number of hydrogen-bond donors (Lipinski definition) is 2. The maximum absolute atomic E-state index is 11.4. The van der Waals surface area contributed by atoms with Gasteiger partial charge in [-0.2, -0.15) is 0 Å². The molecule has 1 atom stereocenters. The van der Waals surface area contributed by atoms with Crippen molar-refractivity contribution in [2.24, 2.45) is 11.8 Å². The fourth-order valence-corrected chi connectivity index (χ4v) is 0.648. The van der Waals surface area contributed by atoms with E-state index in [1.54, 1.807) is 6.92 Å². The van der Waals surface area contributed by atoms with Crippen molar-refractivity contribution < 1.29 is 9.59 Å². The van der Waals surface area contributed by atoms with Crippen molar-refractivity contribution in [1.29, 1.82) is 0 Å². The fourth-order valence-electron chi connectivity index (χ4n) is 0.648. The predicted molar refractivity (Wildman–Crippen MR) is 61.5 cm³/mol. The number of hydrogen-bond acceptors (Lipinski definition) is 2. The first-order chi connectivity index (χ1) is 7.43. The normalized spacial score (nSPS) is 10.3. The SMILES string of the molecule is CC(=O)NC#CC(C)C(=O)NC#CC(C)C. The van der Waals surface area contributed by atoms with Gasteiger partial charge < -0.3 is 0 Å². The molecule has 4 nitrogen and oxygen atoms in total. The minimum Gasteiger partial charge on any atom is -0.285 e. The van der Waals surface area contributed by atoms with E-state index in [1.165, 1.54) is 6.92 Å². The van der Waals surface area contributed by atoms with E-state index in [0.717, 1.165) is 0 Å². The highest BCUT2D eigenvalue weighted by molar-refractivity contribution is 5.83. The summed E-state index contributed by atoms with van der Waals surface area (Å²) < 4.78 is 0. The van der Waals surface area contributed by atoms with Gasteiger partial charge >= 0.3 is 0 Å². The number of amides is 2. The van der Waals surface area contributed by atoms with Crippen LogP contribution in [0.15, 0.2) is 0 Å². The van der Waals surface area contributed by atoms with Crippen LogP contribution in [0.2, 0.25) is 0 Å². The van der Waals surface area contributed by atoms with Gasteiger partial charge in [0.05, 0.1) is 5.92 Å². The van der Waals surface area contributed by atoms with Crippen LogP contribution >= 0.6 is 0 Å². The molecule has 0 bridgehead atoms. The van der Waals surface area contributed by atoms with Crippen LogP contribution in [0.1, 0.15) is 27.7 Å². The van der Waals surface area contributed by atoms with Crippen molar-refractivity contribution in [1.82, 2.24) is 10.6 Å². The van der Waals surface area contributed by atoms with Crippen LogP contribution in [0.3, 0.4) is 0 Å². The minimum atomic E-state index is -0.506. The molecule has 0 fully saturated rings. The fraction of sp³-hybridized carbons (Fsp3) is 0.500. The lowest BCUT2D eigenvalue weighted by molar-refractivity contribution is -0.122. The van der Waals surface area contributed by atoms with E-state index >= 15 is 0 Å². The summed E-state index contributed by atoms with van der Waals surface area (Å²) in [5, 5.41) is 4.73. The zero-order chi connectivity index (χ0) is 12.6. The quantitative estimate of drug-likeness (QED) is 0.498. The van der Waals surface area contributed by atoms with Crippen molar-refractivity contribution in [2.75, 3.05) is 0 Å². The van der Waals surface area contributed by atoms with E-state index in [1.807, 2.05) is 13.8 Å². The number of carbonyl (C=O) groups excluding carboxylic acids is 2. The van der Waals surface area contributed by atoms with Crippen LogP contribution in [-0.2, 0) is 9.59 Å². The van der Waals surface area contributed by atoms with E-state index < -0.39 is 5.92 Å². The van der Waals surface area contributed by atoms with E-state index in [9.17, 15) is 9.59 Å². The average molecular weight is 220 g/mol. The smallest absolute Gasteiger partial charge is 0.246 e. The van der Waals surface area contributed by atoms with Crippen molar-refractivity contribution in [3.8, 4) is 23.9 Å². The molecule has 2 amide bonds. The van der Waals surface area contributed by atoms with Crippen molar-refractivity contribution in [3.63, 3.8) is 0 Å². The third-order valence-electron chi connectivity index (χ3n) is 1.47. The molecular weight excluding hydrogens is 204 g/mol. The Balaban J connectivity index is 4.14. The Hall–Kier alpha value is -1.94. The van der Waals surface area contributed by atoms with Gasteiger partial charge in [-0.15, -0.1) is 0 Å². The molecule has 0 aliphatic carbocycles. The molecule has 0 aromatic heterocycles. The maximum atomic E-state index is 11.4. The van der Waals surface area contributed by atoms with Crippen molar-refractivity contribution in [3.05, 3.63) is 0 Å². The zero-order valence-corrected chi connectivity index (χ0v) is 9.97. The molecule has 0 spiro atoms. The molecule has 16 heavy (non-hydrogen) atoms. The van der Waals surface area contributed by atoms with Gasteiger partial charge in [0.25, 0.3) is 0 Å². The lowest BCUT2D eigenvalue weighted by Crippen LogP contribution is -2.24. The lowest BCUT2D eigenvalue weighted by Gasteiger charge is -1.99. The first-order valence-corrected chi connectivity index (χ1v) is 5.01. The van der Waals surface area contributed by atoms with Crippen LogP contribution < -0.4 is 10.6 Å².